The molecule has 0 saturated carbocycles. The van der Waals surface area contributed by atoms with Gasteiger partial charge in [-0.25, -0.2) is 0 Å². The summed E-state index contributed by atoms with van der Waals surface area (Å²) < 4.78 is 5.15. The van der Waals surface area contributed by atoms with Gasteiger partial charge in [-0.1, -0.05) is 24.3 Å². The molecule has 0 aliphatic carbocycles. The Morgan fingerprint density at radius 3 is 2.57 bits per heavy atom. The molecule has 0 bridgehead atoms. The minimum Gasteiger partial charge on any atom is -0.497 e. The van der Waals surface area contributed by atoms with E-state index in [0.29, 0.717) is 12.1 Å². The molecule has 0 heterocycles. The first-order valence-electron chi connectivity index (χ1n) is 6.86. The maximum atomic E-state index is 11.2. The van der Waals surface area contributed by atoms with Gasteiger partial charge < -0.3 is 15.8 Å². The van der Waals surface area contributed by atoms with Crippen molar-refractivity contribution >= 4 is 5.91 Å². The Balaban J connectivity index is 1.98. The van der Waals surface area contributed by atoms with Gasteiger partial charge in [0, 0.05) is 18.2 Å². The van der Waals surface area contributed by atoms with Gasteiger partial charge in [-0.3, -0.25) is 4.79 Å². The molecule has 3 N–H and O–H groups in total. The quantitative estimate of drug-likeness (QED) is 0.857. The van der Waals surface area contributed by atoms with Crippen molar-refractivity contribution in [1.82, 2.24) is 5.32 Å². The predicted molar refractivity (Wildman–Crippen MR) is 83.2 cm³/mol. The molecule has 110 valence electrons. The molecule has 4 heteroatoms. The van der Waals surface area contributed by atoms with Crippen molar-refractivity contribution < 1.29 is 9.53 Å². The van der Waals surface area contributed by atoms with Crippen LogP contribution in [-0.2, 0) is 6.54 Å². The number of carbonyl (C=O) groups excluding carboxylic acids is 1. The lowest BCUT2D eigenvalue weighted by atomic mass is 10.1. The van der Waals surface area contributed by atoms with E-state index in [1.807, 2.05) is 42.5 Å². The molecular weight excluding hydrogens is 264 g/mol. The number of methoxy groups -OCH3 is 1. The second-order valence-corrected chi connectivity index (χ2v) is 4.94. The number of primary amides is 1. The Labute approximate surface area is 124 Å². The number of hydrogen-bond donors (Lipinski definition) is 2. The minimum atomic E-state index is -0.403. The average Bonchev–Trinajstić information content (AvgIpc) is 2.53. The van der Waals surface area contributed by atoms with Crippen LogP contribution < -0.4 is 15.8 Å². The third-order valence-electron chi connectivity index (χ3n) is 3.44. The highest BCUT2D eigenvalue weighted by Gasteiger charge is 2.06. The number of ether oxygens (including phenoxy) is 1. The van der Waals surface area contributed by atoms with E-state index in [0.717, 1.165) is 11.3 Å². The van der Waals surface area contributed by atoms with Gasteiger partial charge in [-0.2, -0.15) is 0 Å². The van der Waals surface area contributed by atoms with Crippen molar-refractivity contribution in [1.29, 1.82) is 0 Å². The van der Waals surface area contributed by atoms with Crippen LogP contribution in [0.25, 0.3) is 0 Å². The van der Waals surface area contributed by atoms with Crippen LogP contribution in [0.4, 0.5) is 0 Å². The smallest absolute Gasteiger partial charge is 0.248 e. The molecule has 1 atom stereocenters. The summed E-state index contributed by atoms with van der Waals surface area (Å²) in [4.78, 5) is 11.2. The molecule has 0 aromatic heterocycles. The number of nitrogens with one attached hydrogen (secondary N) is 1. The first-order valence-corrected chi connectivity index (χ1v) is 6.86. The van der Waals surface area contributed by atoms with E-state index >= 15 is 0 Å². The largest absolute Gasteiger partial charge is 0.497 e. The highest BCUT2D eigenvalue weighted by atomic mass is 16.5. The van der Waals surface area contributed by atoms with Gasteiger partial charge in [0.2, 0.25) is 5.91 Å². The Hall–Kier alpha value is -2.33. The maximum absolute atomic E-state index is 11.2. The highest BCUT2D eigenvalue weighted by molar-refractivity contribution is 5.92. The van der Waals surface area contributed by atoms with E-state index in [1.54, 1.807) is 13.2 Å². The summed E-state index contributed by atoms with van der Waals surface area (Å²) in [5.41, 5.74) is 8.04. The second-order valence-electron chi connectivity index (χ2n) is 4.94. The Kier molecular flexibility index (Phi) is 4.95. The molecule has 2 rings (SSSR count). The van der Waals surface area contributed by atoms with Crippen LogP contribution >= 0.6 is 0 Å². The Bertz CT molecular complexity index is 608. The predicted octanol–water partition coefficient (Wildman–Crippen LogP) is 2.64. The number of amides is 1. The zero-order valence-corrected chi connectivity index (χ0v) is 12.3. The summed E-state index contributed by atoms with van der Waals surface area (Å²) in [6.07, 6.45) is 0. The fourth-order valence-corrected chi connectivity index (χ4v) is 2.12. The first-order chi connectivity index (χ1) is 10.1. The highest BCUT2D eigenvalue weighted by Crippen LogP contribution is 2.17. The molecular formula is C17H20N2O2. The van der Waals surface area contributed by atoms with E-state index in [9.17, 15) is 4.79 Å². The van der Waals surface area contributed by atoms with Crippen molar-refractivity contribution in [3.05, 3.63) is 65.2 Å². The molecule has 2 aromatic rings. The lowest BCUT2D eigenvalue weighted by Gasteiger charge is -2.15. The van der Waals surface area contributed by atoms with E-state index in [4.69, 9.17) is 10.5 Å². The molecule has 1 amide bonds. The number of benzene rings is 2. The number of rotatable bonds is 6. The summed E-state index contributed by atoms with van der Waals surface area (Å²) in [6, 6.07) is 15.5. The fourth-order valence-electron chi connectivity index (χ4n) is 2.12. The van der Waals surface area contributed by atoms with Crippen molar-refractivity contribution in [2.45, 2.75) is 19.5 Å². The normalized spacial score (nSPS) is 11.9. The van der Waals surface area contributed by atoms with Gasteiger partial charge in [0.25, 0.3) is 0 Å². The summed E-state index contributed by atoms with van der Waals surface area (Å²) in [7, 11) is 1.66. The average molecular weight is 284 g/mol. The molecule has 0 aliphatic heterocycles. The van der Waals surface area contributed by atoms with Crippen LogP contribution in [-0.4, -0.2) is 13.0 Å². The van der Waals surface area contributed by atoms with E-state index < -0.39 is 5.91 Å². The van der Waals surface area contributed by atoms with Crippen LogP contribution in [0.1, 0.15) is 34.5 Å². The van der Waals surface area contributed by atoms with Crippen LogP contribution in [0.3, 0.4) is 0 Å². The van der Waals surface area contributed by atoms with Crippen molar-refractivity contribution in [2.24, 2.45) is 5.73 Å². The molecule has 0 unspecified atom stereocenters. The zero-order valence-electron chi connectivity index (χ0n) is 12.3. The third kappa shape index (κ3) is 4.07. The monoisotopic (exact) mass is 284 g/mol. The van der Waals surface area contributed by atoms with Gasteiger partial charge in [0.15, 0.2) is 0 Å². The van der Waals surface area contributed by atoms with Gasteiger partial charge in [0.05, 0.1) is 7.11 Å². The third-order valence-corrected chi connectivity index (χ3v) is 3.44. The SMILES string of the molecule is COc1ccc([C@@H](C)NCc2cccc(C(N)=O)c2)cc1. The van der Waals surface area contributed by atoms with Crippen molar-refractivity contribution in [3.8, 4) is 5.75 Å². The van der Waals surface area contributed by atoms with Gasteiger partial charge >= 0.3 is 0 Å². The van der Waals surface area contributed by atoms with Crippen LogP contribution in [0, 0.1) is 0 Å². The number of nitrogens with two attached hydrogens (primary N) is 1. The van der Waals surface area contributed by atoms with E-state index in [-0.39, 0.29) is 6.04 Å². The van der Waals surface area contributed by atoms with E-state index in [1.165, 1.54) is 5.56 Å². The van der Waals surface area contributed by atoms with Crippen LogP contribution in [0.15, 0.2) is 48.5 Å². The number of carbonyl (C=O) groups is 1. The zero-order chi connectivity index (χ0) is 15.2. The summed E-state index contributed by atoms with van der Waals surface area (Å²) in [5, 5.41) is 3.43. The van der Waals surface area contributed by atoms with Gasteiger partial charge in [-0.05, 0) is 42.3 Å². The fraction of sp³-hybridized carbons (Fsp3) is 0.235. The van der Waals surface area contributed by atoms with Crippen LogP contribution in [0.5, 0.6) is 5.75 Å². The minimum absolute atomic E-state index is 0.202. The molecule has 0 saturated heterocycles. The summed E-state index contributed by atoms with van der Waals surface area (Å²) >= 11 is 0. The standard InChI is InChI=1S/C17H20N2O2/c1-12(14-6-8-16(21-2)9-7-14)19-11-13-4-3-5-15(10-13)17(18)20/h3-10,12,19H,11H2,1-2H3,(H2,18,20)/t12-/m1/s1. The summed E-state index contributed by atoms with van der Waals surface area (Å²) in [6.45, 7) is 2.77. The lowest BCUT2D eigenvalue weighted by Crippen LogP contribution is -2.18. The molecule has 0 spiro atoms. The molecule has 2 aromatic carbocycles. The lowest BCUT2D eigenvalue weighted by molar-refractivity contribution is 0.1000. The molecule has 0 radical (unpaired) electrons. The van der Waals surface area contributed by atoms with Crippen LogP contribution in [0.2, 0.25) is 0 Å². The molecule has 21 heavy (non-hydrogen) atoms. The van der Waals surface area contributed by atoms with E-state index in [2.05, 4.69) is 12.2 Å². The Morgan fingerprint density at radius 1 is 1.24 bits per heavy atom. The van der Waals surface area contributed by atoms with Crippen molar-refractivity contribution in [3.63, 3.8) is 0 Å². The number of hydrogen-bond acceptors (Lipinski definition) is 3. The van der Waals surface area contributed by atoms with Gasteiger partial charge in [-0.15, -0.1) is 0 Å². The molecule has 0 fully saturated rings. The first kappa shape index (κ1) is 15.1. The second kappa shape index (κ2) is 6.90. The Morgan fingerprint density at radius 2 is 1.95 bits per heavy atom. The molecule has 4 nitrogen and oxygen atoms in total. The van der Waals surface area contributed by atoms with Gasteiger partial charge in [0.1, 0.15) is 5.75 Å². The summed E-state index contributed by atoms with van der Waals surface area (Å²) in [5.74, 6) is 0.445. The van der Waals surface area contributed by atoms with Crippen molar-refractivity contribution in [2.75, 3.05) is 7.11 Å². The maximum Gasteiger partial charge on any atom is 0.248 e. The topological polar surface area (TPSA) is 64.3 Å². The molecule has 0 aliphatic rings.